The van der Waals surface area contributed by atoms with Gasteiger partial charge in [0.05, 0.1) is 10.5 Å². The quantitative estimate of drug-likeness (QED) is 0.368. The number of ether oxygens (including phenoxy) is 1. The molecule has 0 aliphatic heterocycles. The second-order valence-corrected chi connectivity index (χ2v) is 4.69. The van der Waals surface area contributed by atoms with Crippen LogP contribution >= 0.6 is 0 Å². The number of hydrogen-bond acceptors (Lipinski definition) is 4. The van der Waals surface area contributed by atoms with Crippen LogP contribution in [0.15, 0.2) is 42.5 Å². The molecule has 24 heavy (non-hydrogen) atoms. The van der Waals surface area contributed by atoms with Gasteiger partial charge in [0, 0.05) is 24.4 Å². The van der Waals surface area contributed by atoms with Crippen molar-refractivity contribution in [3.05, 3.63) is 64.0 Å². The summed E-state index contributed by atoms with van der Waals surface area (Å²) in [7, 11) is 0. The number of hydrogen-bond donors (Lipinski definition) is 1. The van der Waals surface area contributed by atoms with Crippen LogP contribution in [0.3, 0.4) is 0 Å². The summed E-state index contributed by atoms with van der Waals surface area (Å²) < 4.78 is 57.4. The third-order valence-corrected chi connectivity index (χ3v) is 3.03. The SMILES string of the molecule is O=[N+]([O-])c1ccc(NCCOc2ccccc2F)c(C(F)(F)F)c1. The van der Waals surface area contributed by atoms with E-state index in [1.165, 1.54) is 18.2 Å². The lowest BCUT2D eigenvalue weighted by molar-refractivity contribution is -0.385. The lowest BCUT2D eigenvalue weighted by Gasteiger charge is -2.14. The highest BCUT2D eigenvalue weighted by molar-refractivity contribution is 5.57. The normalized spacial score (nSPS) is 11.2. The number of alkyl halides is 3. The van der Waals surface area contributed by atoms with Gasteiger partial charge in [0.2, 0.25) is 0 Å². The van der Waals surface area contributed by atoms with Crippen LogP contribution in [0.25, 0.3) is 0 Å². The summed E-state index contributed by atoms with van der Waals surface area (Å²) in [6.45, 7) is -0.134. The van der Waals surface area contributed by atoms with E-state index in [1.54, 1.807) is 6.07 Å². The summed E-state index contributed by atoms with van der Waals surface area (Å²) in [6, 6.07) is 8.03. The van der Waals surface area contributed by atoms with Crippen LogP contribution in [0.1, 0.15) is 5.56 Å². The van der Waals surface area contributed by atoms with Crippen molar-refractivity contribution in [2.45, 2.75) is 6.18 Å². The number of anilines is 1. The molecule has 5 nitrogen and oxygen atoms in total. The summed E-state index contributed by atoms with van der Waals surface area (Å²) in [4.78, 5) is 9.70. The molecule has 0 heterocycles. The monoisotopic (exact) mass is 344 g/mol. The van der Waals surface area contributed by atoms with Crippen molar-refractivity contribution in [1.82, 2.24) is 0 Å². The number of nitrogens with one attached hydrogen (secondary N) is 1. The number of benzene rings is 2. The summed E-state index contributed by atoms with van der Waals surface area (Å²) in [6.07, 6.45) is -4.75. The number of nitrogens with zero attached hydrogens (tertiary/aromatic N) is 1. The maximum Gasteiger partial charge on any atom is 0.418 e. The van der Waals surface area contributed by atoms with Gasteiger partial charge in [0.25, 0.3) is 5.69 Å². The molecular formula is C15H12F4N2O3. The van der Waals surface area contributed by atoms with E-state index in [2.05, 4.69) is 5.32 Å². The van der Waals surface area contributed by atoms with Crippen LogP contribution in [0.4, 0.5) is 28.9 Å². The fourth-order valence-electron chi connectivity index (χ4n) is 1.94. The van der Waals surface area contributed by atoms with E-state index in [9.17, 15) is 27.7 Å². The molecule has 128 valence electrons. The Kier molecular flexibility index (Phi) is 5.22. The third kappa shape index (κ3) is 4.34. The van der Waals surface area contributed by atoms with E-state index in [0.717, 1.165) is 12.1 Å². The molecule has 0 unspecified atom stereocenters. The highest BCUT2D eigenvalue weighted by Crippen LogP contribution is 2.37. The zero-order chi connectivity index (χ0) is 17.7. The van der Waals surface area contributed by atoms with Crippen molar-refractivity contribution in [2.24, 2.45) is 0 Å². The second-order valence-electron chi connectivity index (χ2n) is 4.69. The van der Waals surface area contributed by atoms with Crippen LogP contribution in [0, 0.1) is 15.9 Å². The molecule has 9 heteroatoms. The standard InChI is InChI=1S/C15H12F4N2O3/c16-12-3-1-2-4-14(12)24-8-7-20-13-6-5-10(21(22)23)9-11(13)15(17,18)19/h1-6,9,20H,7-8H2. The minimum atomic E-state index is -4.75. The molecule has 0 aliphatic rings. The largest absolute Gasteiger partial charge is 0.489 e. The Labute approximate surface area is 134 Å². The predicted molar refractivity (Wildman–Crippen MR) is 78.5 cm³/mol. The molecular weight excluding hydrogens is 332 g/mol. The molecule has 0 saturated carbocycles. The van der Waals surface area contributed by atoms with Crippen molar-refractivity contribution in [1.29, 1.82) is 0 Å². The zero-order valence-corrected chi connectivity index (χ0v) is 12.1. The van der Waals surface area contributed by atoms with Crippen LogP contribution in [0.5, 0.6) is 5.75 Å². The van der Waals surface area contributed by atoms with E-state index in [-0.39, 0.29) is 24.6 Å². The van der Waals surface area contributed by atoms with E-state index >= 15 is 0 Å². The van der Waals surface area contributed by atoms with Gasteiger partial charge in [0.15, 0.2) is 11.6 Å². The molecule has 0 atom stereocenters. The van der Waals surface area contributed by atoms with Crippen molar-refractivity contribution >= 4 is 11.4 Å². The van der Waals surface area contributed by atoms with Crippen molar-refractivity contribution < 1.29 is 27.2 Å². The molecule has 1 N–H and O–H groups in total. The zero-order valence-electron chi connectivity index (χ0n) is 12.1. The first kappa shape index (κ1) is 17.5. The fourth-order valence-corrected chi connectivity index (χ4v) is 1.94. The van der Waals surface area contributed by atoms with E-state index < -0.39 is 28.2 Å². The van der Waals surface area contributed by atoms with E-state index in [0.29, 0.717) is 6.07 Å². The highest BCUT2D eigenvalue weighted by atomic mass is 19.4. The lowest BCUT2D eigenvalue weighted by Crippen LogP contribution is -2.16. The summed E-state index contributed by atoms with van der Waals surface area (Å²) in [5.41, 5.74) is -2.12. The maximum atomic E-state index is 13.3. The van der Waals surface area contributed by atoms with Crippen LogP contribution < -0.4 is 10.1 Å². The van der Waals surface area contributed by atoms with Gasteiger partial charge in [-0.25, -0.2) is 4.39 Å². The van der Waals surface area contributed by atoms with Crippen molar-refractivity contribution in [3.8, 4) is 5.75 Å². The van der Waals surface area contributed by atoms with Gasteiger partial charge in [-0.05, 0) is 18.2 Å². The van der Waals surface area contributed by atoms with Gasteiger partial charge in [-0.15, -0.1) is 0 Å². The van der Waals surface area contributed by atoms with Crippen LogP contribution in [-0.2, 0) is 6.18 Å². The average molecular weight is 344 g/mol. The Hall–Kier alpha value is -2.84. The number of halogens is 4. The molecule has 2 aromatic rings. The molecule has 0 saturated heterocycles. The number of nitro benzene ring substituents is 1. The average Bonchev–Trinajstić information content (AvgIpc) is 2.52. The van der Waals surface area contributed by atoms with Gasteiger partial charge in [-0.3, -0.25) is 10.1 Å². The van der Waals surface area contributed by atoms with Gasteiger partial charge in [-0.1, -0.05) is 12.1 Å². The van der Waals surface area contributed by atoms with Crippen LogP contribution in [-0.4, -0.2) is 18.1 Å². The minimum Gasteiger partial charge on any atom is -0.489 e. The predicted octanol–water partition coefficient (Wildman–Crippen LogP) is 4.24. The molecule has 0 amide bonds. The highest BCUT2D eigenvalue weighted by Gasteiger charge is 2.35. The molecule has 0 bridgehead atoms. The Morgan fingerprint density at radius 1 is 1.17 bits per heavy atom. The first-order chi connectivity index (χ1) is 11.3. The topological polar surface area (TPSA) is 64.4 Å². The molecule has 2 aromatic carbocycles. The second kappa shape index (κ2) is 7.16. The smallest absolute Gasteiger partial charge is 0.418 e. The summed E-state index contributed by atoms with van der Waals surface area (Å²) in [5, 5.41) is 13.1. The molecule has 0 aliphatic carbocycles. The van der Waals surface area contributed by atoms with E-state index in [4.69, 9.17) is 4.74 Å². The fraction of sp³-hybridized carbons (Fsp3) is 0.200. The van der Waals surface area contributed by atoms with Gasteiger partial charge in [-0.2, -0.15) is 13.2 Å². The van der Waals surface area contributed by atoms with Gasteiger partial charge in [0.1, 0.15) is 6.61 Å². The molecule has 2 rings (SSSR count). The number of para-hydroxylation sites is 1. The van der Waals surface area contributed by atoms with Gasteiger partial charge >= 0.3 is 6.18 Å². The van der Waals surface area contributed by atoms with Gasteiger partial charge < -0.3 is 10.1 Å². The third-order valence-electron chi connectivity index (χ3n) is 3.03. The first-order valence-corrected chi connectivity index (χ1v) is 6.76. The molecule has 0 fully saturated rings. The van der Waals surface area contributed by atoms with Crippen molar-refractivity contribution in [2.75, 3.05) is 18.5 Å². The molecule has 0 radical (unpaired) electrons. The Balaban J connectivity index is 2.04. The Morgan fingerprint density at radius 2 is 1.88 bits per heavy atom. The summed E-state index contributed by atoms with van der Waals surface area (Å²) >= 11 is 0. The number of rotatable bonds is 6. The number of nitro groups is 1. The maximum absolute atomic E-state index is 13.3. The minimum absolute atomic E-state index is 0.0148. The molecule has 0 aromatic heterocycles. The van der Waals surface area contributed by atoms with Crippen LogP contribution in [0.2, 0.25) is 0 Å². The first-order valence-electron chi connectivity index (χ1n) is 6.76. The number of non-ortho nitro benzene ring substituents is 1. The lowest BCUT2D eigenvalue weighted by atomic mass is 10.1. The summed E-state index contributed by atoms with van der Waals surface area (Å²) in [5.74, 6) is -0.595. The Morgan fingerprint density at radius 3 is 2.50 bits per heavy atom. The van der Waals surface area contributed by atoms with E-state index in [1.807, 2.05) is 0 Å². The molecule has 0 spiro atoms. The van der Waals surface area contributed by atoms with Crippen molar-refractivity contribution in [3.63, 3.8) is 0 Å². The Bertz CT molecular complexity index is 735.